The van der Waals surface area contributed by atoms with Crippen LogP contribution in [0, 0.1) is 5.92 Å². The predicted molar refractivity (Wildman–Crippen MR) is 39.3 cm³/mol. The van der Waals surface area contributed by atoms with E-state index < -0.39 is 5.97 Å². The van der Waals surface area contributed by atoms with Gasteiger partial charge in [-0.1, -0.05) is 0 Å². The van der Waals surface area contributed by atoms with E-state index in [9.17, 15) is 4.79 Å². The zero-order valence-electron chi connectivity index (χ0n) is 5.95. The normalized spacial score (nSPS) is 28.4. The molecule has 2 atom stereocenters. The van der Waals surface area contributed by atoms with Gasteiger partial charge in [0, 0.05) is 17.8 Å². The molecule has 0 unspecified atom stereocenters. The van der Waals surface area contributed by atoms with Gasteiger partial charge < -0.3 is 10.1 Å². The van der Waals surface area contributed by atoms with Crippen molar-refractivity contribution < 1.29 is 9.90 Å². The van der Waals surface area contributed by atoms with Gasteiger partial charge in [0.05, 0.1) is 5.92 Å². The molecule has 0 saturated heterocycles. The Morgan fingerprint density at radius 3 is 3.00 bits per heavy atom. The maximum Gasteiger partial charge on any atom is 0.307 e. The summed E-state index contributed by atoms with van der Waals surface area (Å²) in [5.41, 5.74) is 1.05. The second-order valence-electron chi connectivity index (χ2n) is 2.91. The molecule has 2 N–H and O–H groups in total. The summed E-state index contributed by atoms with van der Waals surface area (Å²) >= 11 is 0. The lowest BCUT2D eigenvalue weighted by Gasteiger charge is -1.90. The van der Waals surface area contributed by atoms with Gasteiger partial charge in [-0.15, -0.1) is 0 Å². The third-order valence-electron chi connectivity index (χ3n) is 2.13. The van der Waals surface area contributed by atoms with Crippen molar-refractivity contribution in [3.8, 4) is 0 Å². The van der Waals surface area contributed by atoms with Crippen LogP contribution in [0.25, 0.3) is 0 Å². The highest BCUT2D eigenvalue weighted by molar-refractivity contribution is 5.75. The topological polar surface area (TPSA) is 53.1 Å². The van der Waals surface area contributed by atoms with Crippen molar-refractivity contribution in [1.29, 1.82) is 0 Å². The monoisotopic (exact) mass is 151 g/mol. The van der Waals surface area contributed by atoms with Crippen LogP contribution in [0.2, 0.25) is 0 Å². The number of hydrogen-bond acceptors (Lipinski definition) is 1. The van der Waals surface area contributed by atoms with Crippen LogP contribution < -0.4 is 0 Å². The van der Waals surface area contributed by atoms with Gasteiger partial charge in [0.25, 0.3) is 0 Å². The average Bonchev–Trinajstić information content (AvgIpc) is 2.60. The molecule has 0 aliphatic heterocycles. The number of carboxylic acid groups (broad SMARTS) is 1. The molecular weight excluding hydrogens is 142 g/mol. The Bertz CT molecular complexity index is 266. The van der Waals surface area contributed by atoms with E-state index in [1.807, 2.05) is 18.3 Å². The Morgan fingerprint density at radius 2 is 2.55 bits per heavy atom. The third kappa shape index (κ3) is 1.02. The van der Waals surface area contributed by atoms with E-state index in [0.717, 1.165) is 12.1 Å². The molecule has 1 fully saturated rings. The lowest BCUT2D eigenvalue weighted by atomic mass is 10.2. The van der Waals surface area contributed by atoms with Crippen LogP contribution >= 0.6 is 0 Å². The summed E-state index contributed by atoms with van der Waals surface area (Å²) in [5.74, 6) is -0.583. The highest BCUT2D eigenvalue weighted by Gasteiger charge is 2.44. The molecule has 1 aliphatic carbocycles. The molecule has 3 nitrogen and oxygen atoms in total. The fourth-order valence-corrected chi connectivity index (χ4v) is 1.39. The molecule has 1 saturated carbocycles. The molecular formula is C8H9NO2. The molecule has 2 rings (SSSR count). The van der Waals surface area contributed by atoms with E-state index in [2.05, 4.69) is 4.98 Å². The number of aromatic nitrogens is 1. The van der Waals surface area contributed by atoms with Gasteiger partial charge in [0.1, 0.15) is 0 Å². The quantitative estimate of drug-likeness (QED) is 0.667. The van der Waals surface area contributed by atoms with E-state index >= 15 is 0 Å². The first kappa shape index (κ1) is 6.46. The number of hydrogen-bond donors (Lipinski definition) is 2. The summed E-state index contributed by atoms with van der Waals surface area (Å²) in [4.78, 5) is 13.5. The Morgan fingerprint density at radius 1 is 1.73 bits per heavy atom. The molecule has 1 aliphatic rings. The van der Waals surface area contributed by atoms with Crippen molar-refractivity contribution in [3.05, 3.63) is 24.0 Å². The number of aliphatic carboxylic acids is 1. The van der Waals surface area contributed by atoms with E-state index in [1.54, 1.807) is 0 Å². The zero-order valence-corrected chi connectivity index (χ0v) is 5.95. The molecule has 0 bridgehead atoms. The Hall–Kier alpha value is -1.25. The number of aromatic amines is 1. The van der Waals surface area contributed by atoms with Gasteiger partial charge in [-0.2, -0.15) is 0 Å². The van der Waals surface area contributed by atoms with Gasteiger partial charge in [-0.3, -0.25) is 4.79 Å². The van der Waals surface area contributed by atoms with Crippen molar-refractivity contribution in [2.24, 2.45) is 5.92 Å². The van der Waals surface area contributed by atoms with Crippen LogP contribution in [0.15, 0.2) is 18.3 Å². The van der Waals surface area contributed by atoms with Crippen LogP contribution in [0.1, 0.15) is 18.0 Å². The summed E-state index contributed by atoms with van der Waals surface area (Å²) in [6, 6.07) is 3.83. The maximum atomic E-state index is 10.5. The summed E-state index contributed by atoms with van der Waals surface area (Å²) in [5, 5.41) is 8.61. The standard InChI is InChI=1S/C8H9NO2/c10-8(11)6-4-5(6)7-2-1-3-9-7/h1-3,5-6,9H,4H2,(H,10,11)/t5-,6-/m1/s1. The molecule has 11 heavy (non-hydrogen) atoms. The van der Waals surface area contributed by atoms with Crippen molar-refractivity contribution in [3.63, 3.8) is 0 Å². The molecule has 1 heterocycles. The lowest BCUT2D eigenvalue weighted by molar-refractivity contribution is -0.138. The minimum absolute atomic E-state index is 0.145. The van der Waals surface area contributed by atoms with E-state index in [-0.39, 0.29) is 11.8 Å². The Balaban J connectivity index is 2.08. The summed E-state index contributed by atoms with van der Waals surface area (Å²) in [6.07, 6.45) is 2.61. The highest BCUT2D eigenvalue weighted by atomic mass is 16.4. The first-order valence-corrected chi connectivity index (χ1v) is 3.65. The zero-order chi connectivity index (χ0) is 7.84. The minimum atomic E-state index is -0.676. The van der Waals surface area contributed by atoms with Gasteiger partial charge in [-0.05, 0) is 18.6 Å². The number of H-pyrrole nitrogens is 1. The van der Waals surface area contributed by atoms with Gasteiger partial charge >= 0.3 is 5.97 Å². The lowest BCUT2D eigenvalue weighted by Crippen LogP contribution is -1.98. The maximum absolute atomic E-state index is 10.5. The second-order valence-corrected chi connectivity index (χ2v) is 2.91. The van der Waals surface area contributed by atoms with E-state index in [1.165, 1.54) is 0 Å². The van der Waals surface area contributed by atoms with Crippen molar-refractivity contribution in [2.45, 2.75) is 12.3 Å². The smallest absolute Gasteiger partial charge is 0.307 e. The molecule has 58 valence electrons. The van der Waals surface area contributed by atoms with E-state index in [4.69, 9.17) is 5.11 Å². The minimum Gasteiger partial charge on any atom is -0.481 e. The number of carbonyl (C=O) groups is 1. The summed E-state index contributed by atoms with van der Waals surface area (Å²) in [6.45, 7) is 0. The number of carboxylic acids is 1. The molecule has 0 radical (unpaired) electrons. The Kier molecular flexibility index (Phi) is 1.24. The van der Waals surface area contributed by atoms with Crippen molar-refractivity contribution >= 4 is 5.97 Å². The Labute approximate surface area is 64.1 Å². The molecule has 3 heteroatoms. The van der Waals surface area contributed by atoms with Gasteiger partial charge in [0.15, 0.2) is 0 Å². The van der Waals surface area contributed by atoms with Gasteiger partial charge in [-0.25, -0.2) is 0 Å². The number of rotatable bonds is 2. The summed E-state index contributed by atoms with van der Waals surface area (Å²) < 4.78 is 0. The average molecular weight is 151 g/mol. The first-order chi connectivity index (χ1) is 5.29. The van der Waals surface area contributed by atoms with Crippen LogP contribution in [0.3, 0.4) is 0 Å². The second kappa shape index (κ2) is 2.12. The van der Waals surface area contributed by atoms with Crippen LogP contribution in [-0.4, -0.2) is 16.1 Å². The fourth-order valence-electron chi connectivity index (χ4n) is 1.39. The third-order valence-corrected chi connectivity index (χ3v) is 2.13. The summed E-state index contributed by atoms with van der Waals surface area (Å²) in [7, 11) is 0. The van der Waals surface area contributed by atoms with Crippen molar-refractivity contribution in [1.82, 2.24) is 4.98 Å². The van der Waals surface area contributed by atoms with Gasteiger partial charge in [0.2, 0.25) is 0 Å². The molecule has 0 spiro atoms. The van der Waals surface area contributed by atoms with Crippen molar-refractivity contribution in [2.75, 3.05) is 0 Å². The largest absolute Gasteiger partial charge is 0.481 e. The SMILES string of the molecule is O=C(O)[C@@H]1C[C@H]1c1ccc[nH]1. The molecule has 1 aromatic heterocycles. The highest BCUT2D eigenvalue weighted by Crippen LogP contribution is 2.46. The predicted octanol–water partition coefficient (Wildman–Crippen LogP) is 1.20. The van der Waals surface area contributed by atoms with E-state index in [0.29, 0.717) is 0 Å². The number of nitrogens with one attached hydrogen (secondary N) is 1. The first-order valence-electron chi connectivity index (χ1n) is 3.65. The molecule has 1 aromatic rings. The van der Waals surface area contributed by atoms with Crippen LogP contribution in [0.5, 0.6) is 0 Å². The van der Waals surface area contributed by atoms with Crippen LogP contribution in [0.4, 0.5) is 0 Å². The molecule has 0 amide bonds. The fraction of sp³-hybridized carbons (Fsp3) is 0.375. The molecule has 0 aromatic carbocycles. The van der Waals surface area contributed by atoms with Crippen LogP contribution in [-0.2, 0) is 4.79 Å².